The molecule has 2 aliphatic rings. The molecule has 26 heavy (non-hydrogen) atoms. The summed E-state index contributed by atoms with van der Waals surface area (Å²) in [5, 5.41) is -0.524. The summed E-state index contributed by atoms with van der Waals surface area (Å²) in [6, 6.07) is 3.43. The second-order valence-electron chi connectivity index (χ2n) is 7.04. The van der Waals surface area contributed by atoms with Gasteiger partial charge in [0.1, 0.15) is 0 Å². The third-order valence-corrected chi connectivity index (χ3v) is 7.55. The van der Waals surface area contributed by atoms with E-state index in [-0.39, 0.29) is 24.3 Å². The molecule has 0 radical (unpaired) electrons. The van der Waals surface area contributed by atoms with Crippen molar-refractivity contribution in [1.82, 2.24) is 19.1 Å². The van der Waals surface area contributed by atoms with Crippen LogP contribution in [0.4, 0.5) is 0 Å². The summed E-state index contributed by atoms with van der Waals surface area (Å²) in [5.41, 5.74) is 0.514. The Balaban J connectivity index is 1.70. The largest absolute Gasteiger partial charge is 0.348 e. The molecule has 3 rings (SSSR count). The average molecular weight is 380 g/mol. The molecule has 0 spiro atoms. The molecule has 0 unspecified atom stereocenters. The van der Waals surface area contributed by atoms with Crippen molar-refractivity contribution in [2.45, 2.75) is 18.1 Å². The van der Waals surface area contributed by atoms with Gasteiger partial charge >= 0.3 is 0 Å². The van der Waals surface area contributed by atoms with Gasteiger partial charge in [-0.05, 0) is 30.9 Å². The van der Waals surface area contributed by atoms with Crippen LogP contribution in [-0.2, 0) is 14.8 Å². The van der Waals surface area contributed by atoms with E-state index in [0.717, 1.165) is 0 Å². The lowest BCUT2D eigenvalue weighted by Gasteiger charge is -2.22. The lowest BCUT2D eigenvalue weighted by molar-refractivity contribution is -0.128. The number of aromatic nitrogens is 1. The van der Waals surface area contributed by atoms with Crippen LogP contribution < -0.4 is 0 Å². The van der Waals surface area contributed by atoms with Crippen LogP contribution in [0, 0.1) is 5.92 Å². The highest BCUT2D eigenvalue weighted by atomic mass is 32.2. The molecule has 8 nitrogen and oxygen atoms in total. The number of carbonyl (C=O) groups excluding carboxylic acids is 2. The lowest BCUT2D eigenvalue weighted by Crippen LogP contribution is -2.39. The Morgan fingerprint density at radius 2 is 2.00 bits per heavy atom. The topological polar surface area (TPSA) is 90.9 Å². The quantitative estimate of drug-likeness (QED) is 0.738. The highest BCUT2D eigenvalue weighted by Crippen LogP contribution is 2.34. The molecular formula is C17H24N4O4S. The van der Waals surface area contributed by atoms with Crippen molar-refractivity contribution in [2.24, 2.45) is 5.92 Å². The molecule has 142 valence electrons. The molecular weight excluding hydrogens is 356 g/mol. The second-order valence-corrected chi connectivity index (χ2v) is 9.19. The van der Waals surface area contributed by atoms with Crippen molar-refractivity contribution in [3.8, 4) is 0 Å². The van der Waals surface area contributed by atoms with Gasteiger partial charge < -0.3 is 9.80 Å². The third kappa shape index (κ3) is 3.59. The molecule has 0 N–H and O–H groups in total. The first-order valence-electron chi connectivity index (χ1n) is 8.69. The van der Waals surface area contributed by atoms with E-state index in [0.29, 0.717) is 38.0 Å². The van der Waals surface area contributed by atoms with Crippen molar-refractivity contribution in [3.63, 3.8) is 0 Å². The van der Waals surface area contributed by atoms with Crippen LogP contribution in [0.5, 0.6) is 0 Å². The molecule has 0 aliphatic carbocycles. The van der Waals surface area contributed by atoms with Gasteiger partial charge in [-0.2, -0.15) is 4.31 Å². The van der Waals surface area contributed by atoms with Gasteiger partial charge in [-0.3, -0.25) is 14.6 Å². The Morgan fingerprint density at radius 3 is 2.65 bits per heavy atom. The molecule has 2 atom stereocenters. The number of likely N-dealkylation sites (N-methyl/N-ethyl adjacent to an activating group) is 1. The fourth-order valence-corrected chi connectivity index (χ4v) is 5.80. The van der Waals surface area contributed by atoms with Crippen LogP contribution in [0.25, 0.3) is 0 Å². The van der Waals surface area contributed by atoms with E-state index in [1.165, 1.54) is 15.4 Å². The van der Waals surface area contributed by atoms with Gasteiger partial charge in [-0.15, -0.1) is 0 Å². The number of fused-ring (bicyclic) bond motifs is 1. The molecule has 2 amide bonds. The lowest BCUT2D eigenvalue weighted by atomic mass is 10.0. The second kappa shape index (κ2) is 7.32. The molecule has 9 heteroatoms. The van der Waals surface area contributed by atoms with Crippen molar-refractivity contribution in [3.05, 3.63) is 30.1 Å². The number of rotatable bonds is 3. The fourth-order valence-electron chi connectivity index (χ4n) is 3.62. The normalized spacial score (nSPS) is 25.4. The van der Waals surface area contributed by atoms with Crippen molar-refractivity contribution >= 4 is 21.8 Å². The smallest absolute Gasteiger partial charge is 0.255 e. The van der Waals surface area contributed by atoms with Crippen LogP contribution in [0.15, 0.2) is 24.5 Å². The van der Waals surface area contributed by atoms with Crippen molar-refractivity contribution in [2.75, 3.05) is 40.3 Å². The highest BCUT2D eigenvalue weighted by Gasteiger charge is 2.47. The predicted molar refractivity (Wildman–Crippen MR) is 95.8 cm³/mol. The maximum Gasteiger partial charge on any atom is 0.255 e. The Hall–Kier alpha value is -2.00. The zero-order valence-electron chi connectivity index (χ0n) is 15.0. The number of likely N-dealkylation sites (tertiary alicyclic amines) is 1. The van der Waals surface area contributed by atoms with E-state index in [1.807, 2.05) is 0 Å². The SMILES string of the molecule is CN(C)C(=O)CN1C[C@@H]2CCN(C(=O)c3cccnc3)CC[C@@H]2S1(=O)=O. The third-order valence-electron chi connectivity index (χ3n) is 5.17. The summed E-state index contributed by atoms with van der Waals surface area (Å²) < 4.78 is 27.0. The van der Waals surface area contributed by atoms with Gasteiger partial charge in [-0.1, -0.05) is 0 Å². The number of hydrogen-bond donors (Lipinski definition) is 0. The van der Waals surface area contributed by atoms with Crippen LogP contribution in [0.1, 0.15) is 23.2 Å². The van der Waals surface area contributed by atoms with E-state index in [4.69, 9.17) is 0 Å². The summed E-state index contributed by atoms with van der Waals surface area (Å²) in [4.78, 5) is 31.6. The van der Waals surface area contributed by atoms with E-state index in [2.05, 4.69) is 4.98 Å². The molecule has 2 saturated heterocycles. The van der Waals surface area contributed by atoms with Gasteiger partial charge in [0.15, 0.2) is 0 Å². The number of amides is 2. The number of sulfonamides is 1. The summed E-state index contributed by atoms with van der Waals surface area (Å²) in [7, 11) is -0.286. The van der Waals surface area contributed by atoms with Crippen LogP contribution in [0.2, 0.25) is 0 Å². The van der Waals surface area contributed by atoms with Gasteiger partial charge in [0, 0.05) is 46.1 Å². The molecule has 1 aromatic rings. The average Bonchev–Trinajstić information content (AvgIpc) is 2.77. The Bertz CT molecular complexity index is 781. The maximum atomic E-state index is 12.8. The molecule has 0 saturated carbocycles. The number of pyridine rings is 1. The van der Waals surface area contributed by atoms with Gasteiger partial charge in [-0.25, -0.2) is 8.42 Å². The summed E-state index contributed by atoms with van der Waals surface area (Å²) >= 11 is 0. The van der Waals surface area contributed by atoms with Crippen LogP contribution in [-0.4, -0.2) is 84.8 Å². The predicted octanol–water partition coefficient (Wildman–Crippen LogP) is 0.0360. The first-order chi connectivity index (χ1) is 12.3. The number of nitrogens with zero attached hydrogens (tertiary/aromatic N) is 4. The number of hydrogen-bond acceptors (Lipinski definition) is 5. The number of carbonyl (C=O) groups is 2. The molecule has 3 heterocycles. The molecule has 2 fully saturated rings. The van der Waals surface area contributed by atoms with Gasteiger partial charge in [0.25, 0.3) is 5.91 Å². The zero-order valence-corrected chi connectivity index (χ0v) is 15.9. The minimum absolute atomic E-state index is 0.0540. The minimum atomic E-state index is -3.52. The van der Waals surface area contributed by atoms with E-state index in [9.17, 15) is 18.0 Å². The Morgan fingerprint density at radius 1 is 1.27 bits per heavy atom. The van der Waals surface area contributed by atoms with Crippen molar-refractivity contribution in [1.29, 1.82) is 0 Å². The maximum absolute atomic E-state index is 12.8. The van der Waals surface area contributed by atoms with Gasteiger partial charge in [0.2, 0.25) is 15.9 Å². The van der Waals surface area contributed by atoms with Crippen molar-refractivity contribution < 1.29 is 18.0 Å². The van der Waals surface area contributed by atoms with E-state index >= 15 is 0 Å². The standard InChI is InChI=1S/C17H24N4O4S/c1-19(2)16(22)12-21-11-14-5-8-20(9-6-15(14)26(21,24)25)17(23)13-4-3-7-18-10-13/h3-4,7,10,14-15H,5-6,8-9,11-12H2,1-2H3/t14-,15-/m0/s1. The van der Waals surface area contributed by atoms with Crippen LogP contribution >= 0.6 is 0 Å². The molecule has 0 aromatic carbocycles. The zero-order chi connectivity index (χ0) is 18.9. The molecule has 0 bridgehead atoms. The fraction of sp³-hybridized carbons (Fsp3) is 0.588. The van der Waals surface area contributed by atoms with E-state index in [1.54, 1.807) is 37.3 Å². The van der Waals surface area contributed by atoms with Gasteiger partial charge in [0.05, 0.1) is 17.4 Å². The Kier molecular flexibility index (Phi) is 5.29. The summed E-state index contributed by atoms with van der Waals surface area (Å²) in [6.07, 6.45) is 4.15. The van der Waals surface area contributed by atoms with E-state index < -0.39 is 15.3 Å². The summed E-state index contributed by atoms with van der Waals surface area (Å²) in [5.74, 6) is -0.393. The minimum Gasteiger partial charge on any atom is -0.348 e. The highest BCUT2D eigenvalue weighted by molar-refractivity contribution is 7.90. The monoisotopic (exact) mass is 380 g/mol. The molecule has 2 aliphatic heterocycles. The first kappa shape index (κ1) is 18.8. The summed E-state index contributed by atoms with van der Waals surface area (Å²) in [6.45, 7) is 1.14. The first-order valence-corrected chi connectivity index (χ1v) is 10.2. The van der Waals surface area contributed by atoms with Crippen LogP contribution in [0.3, 0.4) is 0 Å². The molecule has 1 aromatic heterocycles. The Labute approximate surface area is 153 Å².